The normalized spacial score (nSPS) is 17.2. The Labute approximate surface area is 161 Å². The maximum absolute atomic E-state index is 12.6. The fraction of sp³-hybridized carbons (Fsp3) is 0.421. The molecule has 1 heterocycles. The summed E-state index contributed by atoms with van der Waals surface area (Å²) >= 11 is 2.93. The van der Waals surface area contributed by atoms with Crippen LogP contribution in [0.25, 0.3) is 10.9 Å². The number of pyridine rings is 1. The van der Waals surface area contributed by atoms with Crippen molar-refractivity contribution < 1.29 is 9.53 Å². The third kappa shape index (κ3) is 4.08. The standard InChI is InChI=1S/C19H21N3O2S2/c1-19(11-20,13-4-5-13)22-17(23)18(26-3)24-14-6-7-16-12(8-14)9-15(25-2)10-21-16/h6-10,13,18H,4-5H2,1-3H3,(H,22,23). The van der Waals surface area contributed by atoms with E-state index in [1.54, 1.807) is 18.7 Å². The summed E-state index contributed by atoms with van der Waals surface area (Å²) in [6.07, 6.45) is 7.62. The van der Waals surface area contributed by atoms with Gasteiger partial charge < -0.3 is 10.1 Å². The van der Waals surface area contributed by atoms with E-state index < -0.39 is 11.0 Å². The Balaban J connectivity index is 1.75. The molecule has 2 unspecified atom stereocenters. The van der Waals surface area contributed by atoms with E-state index in [-0.39, 0.29) is 11.8 Å². The number of aromatic nitrogens is 1. The van der Waals surface area contributed by atoms with Gasteiger partial charge in [-0.05, 0) is 62.5 Å². The number of nitrogens with one attached hydrogen (secondary N) is 1. The summed E-state index contributed by atoms with van der Waals surface area (Å²) in [4.78, 5) is 18.1. The molecule has 0 radical (unpaired) electrons. The van der Waals surface area contributed by atoms with Crippen LogP contribution < -0.4 is 10.1 Å². The highest BCUT2D eigenvalue weighted by Crippen LogP contribution is 2.39. The van der Waals surface area contributed by atoms with Crippen LogP contribution in [0.2, 0.25) is 0 Å². The van der Waals surface area contributed by atoms with E-state index in [2.05, 4.69) is 16.4 Å². The van der Waals surface area contributed by atoms with Crippen LogP contribution in [0.4, 0.5) is 0 Å². The first-order chi connectivity index (χ1) is 12.5. The predicted octanol–water partition coefficient (Wildman–Crippen LogP) is 3.83. The lowest BCUT2D eigenvalue weighted by Crippen LogP contribution is -2.50. The molecule has 0 saturated heterocycles. The van der Waals surface area contributed by atoms with Crippen molar-refractivity contribution in [1.29, 1.82) is 5.26 Å². The molecule has 5 nitrogen and oxygen atoms in total. The third-order valence-electron chi connectivity index (χ3n) is 4.54. The quantitative estimate of drug-likeness (QED) is 0.575. The molecule has 1 N–H and O–H groups in total. The molecule has 0 spiro atoms. The fourth-order valence-electron chi connectivity index (χ4n) is 2.80. The number of fused-ring (bicyclic) bond motifs is 1. The highest BCUT2D eigenvalue weighted by atomic mass is 32.2. The maximum atomic E-state index is 12.6. The van der Waals surface area contributed by atoms with Gasteiger partial charge in [-0.25, -0.2) is 0 Å². The Morgan fingerprint density at radius 1 is 1.42 bits per heavy atom. The predicted molar refractivity (Wildman–Crippen MR) is 106 cm³/mol. The fourth-order valence-corrected chi connectivity index (χ4v) is 3.69. The van der Waals surface area contributed by atoms with Gasteiger partial charge in [0.25, 0.3) is 5.91 Å². The summed E-state index contributed by atoms with van der Waals surface area (Å²) in [5.41, 5.74) is -0.656. The molecule has 1 saturated carbocycles. The molecule has 0 bridgehead atoms. The van der Waals surface area contributed by atoms with Crippen molar-refractivity contribution in [2.24, 2.45) is 5.92 Å². The molecular formula is C19H21N3O2S2. The molecule has 26 heavy (non-hydrogen) atoms. The molecule has 1 aliphatic carbocycles. The zero-order valence-electron chi connectivity index (χ0n) is 15.0. The van der Waals surface area contributed by atoms with Gasteiger partial charge in [0.2, 0.25) is 5.44 Å². The van der Waals surface area contributed by atoms with E-state index in [4.69, 9.17) is 4.74 Å². The summed E-state index contributed by atoms with van der Waals surface area (Å²) in [6.45, 7) is 1.78. The minimum atomic E-state index is -0.824. The second-order valence-corrected chi connectivity index (χ2v) is 8.27. The van der Waals surface area contributed by atoms with Crippen molar-refractivity contribution in [1.82, 2.24) is 10.3 Å². The zero-order chi connectivity index (χ0) is 18.7. The highest BCUT2D eigenvalue weighted by Gasteiger charge is 2.44. The minimum Gasteiger partial charge on any atom is -0.470 e. The number of thioether (sulfide) groups is 2. The van der Waals surface area contributed by atoms with Gasteiger partial charge in [0.1, 0.15) is 11.3 Å². The Bertz CT molecular complexity index is 863. The van der Waals surface area contributed by atoms with Crippen molar-refractivity contribution in [2.75, 3.05) is 12.5 Å². The summed E-state index contributed by atoms with van der Waals surface area (Å²) in [7, 11) is 0. The largest absolute Gasteiger partial charge is 0.470 e. The lowest BCUT2D eigenvalue weighted by atomic mass is 9.98. The number of nitrogens with zero attached hydrogens (tertiary/aromatic N) is 2. The zero-order valence-corrected chi connectivity index (χ0v) is 16.6. The van der Waals surface area contributed by atoms with Crippen molar-refractivity contribution in [3.8, 4) is 11.8 Å². The molecule has 7 heteroatoms. The smallest absolute Gasteiger partial charge is 0.272 e. The number of carbonyl (C=O) groups excluding carboxylic acids is 1. The van der Waals surface area contributed by atoms with Gasteiger partial charge in [-0.15, -0.1) is 23.5 Å². The summed E-state index contributed by atoms with van der Waals surface area (Å²) < 4.78 is 5.90. The van der Waals surface area contributed by atoms with Gasteiger partial charge in [0.15, 0.2) is 0 Å². The molecule has 0 aliphatic heterocycles. The van der Waals surface area contributed by atoms with Gasteiger partial charge in [-0.2, -0.15) is 5.26 Å². The van der Waals surface area contributed by atoms with E-state index in [0.29, 0.717) is 5.75 Å². The van der Waals surface area contributed by atoms with E-state index in [1.807, 2.05) is 43.0 Å². The van der Waals surface area contributed by atoms with Crippen molar-refractivity contribution >= 4 is 40.3 Å². The van der Waals surface area contributed by atoms with E-state index >= 15 is 0 Å². The Hall–Kier alpha value is -1.91. The minimum absolute atomic E-state index is 0.232. The van der Waals surface area contributed by atoms with Gasteiger partial charge in [0.05, 0.1) is 11.6 Å². The maximum Gasteiger partial charge on any atom is 0.272 e. The van der Waals surface area contributed by atoms with Crippen LogP contribution in [0.3, 0.4) is 0 Å². The first kappa shape index (κ1) is 18.9. The van der Waals surface area contributed by atoms with Crippen LogP contribution >= 0.6 is 23.5 Å². The topological polar surface area (TPSA) is 75.0 Å². The number of hydrogen-bond donors (Lipinski definition) is 1. The number of benzene rings is 1. The molecule has 3 rings (SSSR count). The van der Waals surface area contributed by atoms with Crippen LogP contribution in [0.15, 0.2) is 35.4 Å². The van der Waals surface area contributed by atoms with Gasteiger partial charge >= 0.3 is 0 Å². The summed E-state index contributed by atoms with van der Waals surface area (Å²) in [5, 5.41) is 13.3. The molecule has 1 aliphatic rings. The van der Waals surface area contributed by atoms with Crippen molar-refractivity contribution in [3.05, 3.63) is 30.5 Å². The number of amides is 1. The first-order valence-corrected chi connectivity index (χ1v) is 10.9. The van der Waals surface area contributed by atoms with Gasteiger partial charge in [0, 0.05) is 16.5 Å². The van der Waals surface area contributed by atoms with Gasteiger partial charge in [-0.3, -0.25) is 9.78 Å². The van der Waals surface area contributed by atoms with Crippen LogP contribution in [-0.4, -0.2) is 34.4 Å². The third-order valence-corrected chi connectivity index (χ3v) is 5.98. The summed E-state index contributed by atoms with van der Waals surface area (Å²) in [5.74, 6) is 0.567. The summed E-state index contributed by atoms with van der Waals surface area (Å²) in [6, 6.07) is 9.88. The average molecular weight is 388 g/mol. The average Bonchev–Trinajstić information content (AvgIpc) is 3.50. The van der Waals surface area contributed by atoms with E-state index in [1.165, 1.54) is 11.8 Å². The first-order valence-electron chi connectivity index (χ1n) is 8.35. The Morgan fingerprint density at radius 2 is 2.19 bits per heavy atom. The highest BCUT2D eigenvalue weighted by molar-refractivity contribution is 7.99. The van der Waals surface area contributed by atoms with Crippen LogP contribution in [0.1, 0.15) is 19.8 Å². The monoisotopic (exact) mass is 387 g/mol. The van der Waals surface area contributed by atoms with Gasteiger partial charge in [-0.1, -0.05) is 0 Å². The molecule has 1 fully saturated rings. The number of carbonyl (C=O) groups is 1. The Morgan fingerprint density at radius 3 is 2.81 bits per heavy atom. The number of ether oxygens (including phenoxy) is 1. The van der Waals surface area contributed by atoms with Crippen LogP contribution in [-0.2, 0) is 4.79 Å². The number of rotatable bonds is 7. The molecule has 2 aromatic rings. The second-order valence-electron chi connectivity index (χ2n) is 6.49. The second kappa shape index (κ2) is 7.77. The van der Waals surface area contributed by atoms with E-state index in [0.717, 1.165) is 28.6 Å². The molecular weight excluding hydrogens is 366 g/mol. The SMILES string of the molecule is CSc1cnc2ccc(OC(SC)C(=O)NC(C)(C#N)C3CC3)cc2c1. The molecule has 136 valence electrons. The molecule has 1 amide bonds. The van der Waals surface area contributed by atoms with E-state index in [9.17, 15) is 10.1 Å². The van der Waals surface area contributed by atoms with Crippen molar-refractivity contribution in [2.45, 2.75) is 35.6 Å². The van der Waals surface area contributed by atoms with Crippen molar-refractivity contribution in [3.63, 3.8) is 0 Å². The lowest BCUT2D eigenvalue weighted by molar-refractivity contribution is -0.125. The molecule has 2 atom stereocenters. The van der Waals surface area contributed by atoms with Crippen LogP contribution in [0, 0.1) is 17.2 Å². The number of nitriles is 1. The Kier molecular flexibility index (Phi) is 5.64. The molecule has 1 aromatic heterocycles. The lowest BCUT2D eigenvalue weighted by Gasteiger charge is -2.26. The van der Waals surface area contributed by atoms with Crippen LogP contribution in [0.5, 0.6) is 5.75 Å². The molecule has 1 aromatic carbocycles. The number of hydrogen-bond acceptors (Lipinski definition) is 6.